The smallest absolute Gasteiger partial charge is 0.324 e. The second-order valence-corrected chi connectivity index (χ2v) is 8.26. The third-order valence-electron chi connectivity index (χ3n) is 4.24. The Morgan fingerprint density at radius 3 is 2.14 bits per heavy atom. The molecular formula is C15H21NO4S. The minimum atomic E-state index is -3.86. The van der Waals surface area contributed by atoms with Crippen LogP contribution in [0, 0.1) is 6.92 Å². The summed E-state index contributed by atoms with van der Waals surface area (Å²) < 4.78 is 27.1. The van der Waals surface area contributed by atoms with Crippen LogP contribution in [0.2, 0.25) is 0 Å². The Bertz CT molecular complexity index is 663. The standard InChI is InChI=1S/C15H21NO4S/c1-11-5-7-12(8-6-11)21(19,20)16-14(2,3)9-10-15(16,4)13(17)18/h5-8H,9-10H2,1-4H3,(H,17,18)/t15-/m1/s1. The van der Waals surface area contributed by atoms with Crippen LogP contribution in [0.25, 0.3) is 0 Å². The number of benzene rings is 1. The number of rotatable bonds is 3. The molecule has 21 heavy (non-hydrogen) atoms. The first-order chi connectivity index (χ1) is 9.52. The van der Waals surface area contributed by atoms with Crippen molar-refractivity contribution >= 4 is 16.0 Å². The highest BCUT2D eigenvalue weighted by Crippen LogP contribution is 2.44. The average molecular weight is 311 g/mol. The summed E-state index contributed by atoms with van der Waals surface area (Å²) in [5.74, 6) is -1.11. The molecule has 1 aromatic carbocycles. The van der Waals surface area contributed by atoms with Gasteiger partial charge >= 0.3 is 5.97 Å². The summed E-state index contributed by atoms with van der Waals surface area (Å²) in [4.78, 5) is 11.8. The molecule has 1 aromatic rings. The van der Waals surface area contributed by atoms with Gasteiger partial charge in [-0.1, -0.05) is 17.7 Å². The van der Waals surface area contributed by atoms with Crippen LogP contribution >= 0.6 is 0 Å². The van der Waals surface area contributed by atoms with E-state index < -0.39 is 27.1 Å². The second-order valence-electron chi connectivity index (χ2n) is 6.47. The summed E-state index contributed by atoms with van der Waals surface area (Å²) >= 11 is 0. The van der Waals surface area contributed by atoms with Crippen LogP contribution in [0.5, 0.6) is 0 Å². The van der Waals surface area contributed by atoms with E-state index in [1.165, 1.54) is 23.4 Å². The zero-order valence-corrected chi connectivity index (χ0v) is 13.6. The number of sulfonamides is 1. The van der Waals surface area contributed by atoms with Crippen LogP contribution in [-0.4, -0.2) is 34.9 Å². The topological polar surface area (TPSA) is 74.7 Å². The fraction of sp³-hybridized carbons (Fsp3) is 0.533. The predicted octanol–water partition coefficient (Wildman–Crippen LogP) is 2.40. The van der Waals surface area contributed by atoms with Crippen molar-refractivity contribution in [3.8, 4) is 0 Å². The second kappa shape index (κ2) is 4.81. The lowest BCUT2D eigenvalue weighted by molar-refractivity contribution is -0.147. The van der Waals surface area contributed by atoms with Gasteiger partial charge in [-0.3, -0.25) is 4.79 Å². The fourth-order valence-electron chi connectivity index (χ4n) is 3.02. The Hall–Kier alpha value is -1.40. The van der Waals surface area contributed by atoms with Gasteiger partial charge in [-0.15, -0.1) is 0 Å². The molecule has 2 rings (SSSR count). The van der Waals surface area contributed by atoms with E-state index in [0.29, 0.717) is 12.8 Å². The SMILES string of the molecule is Cc1ccc(S(=O)(=O)N2C(C)(C)CC[C@]2(C)C(=O)O)cc1. The molecule has 1 saturated heterocycles. The fourth-order valence-corrected chi connectivity index (χ4v) is 5.15. The molecule has 0 aliphatic carbocycles. The molecule has 116 valence electrons. The van der Waals surface area contributed by atoms with Gasteiger partial charge in [-0.2, -0.15) is 4.31 Å². The summed E-state index contributed by atoms with van der Waals surface area (Å²) in [6, 6.07) is 6.49. The number of nitrogens with zero attached hydrogens (tertiary/aromatic N) is 1. The van der Waals surface area contributed by atoms with Crippen LogP contribution in [0.1, 0.15) is 39.2 Å². The number of aryl methyl sites for hydroxylation is 1. The molecule has 1 aliphatic heterocycles. The Morgan fingerprint density at radius 2 is 1.67 bits per heavy atom. The maximum absolute atomic E-state index is 12.9. The van der Waals surface area contributed by atoms with Crippen LogP contribution in [0.3, 0.4) is 0 Å². The maximum Gasteiger partial charge on any atom is 0.324 e. The normalized spacial score (nSPS) is 25.9. The van der Waals surface area contributed by atoms with Gasteiger partial charge in [0.1, 0.15) is 5.54 Å². The lowest BCUT2D eigenvalue weighted by atomic mass is 9.99. The molecule has 0 spiro atoms. The van der Waals surface area contributed by atoms with Crippen molar-refractivity contribution in [2.75, 3.05) is 0 Å². The third-order valence-corrected chi connectivity index (χ3v) is 6.49. The van der Waals surface area contributed by atoms with Crippen LogP contribution < -0.4 is 0 Å². The number of aliphatic carboxylic acids is 1. The summed E-state index contributed by atoms with van der Waals surface area (Å²) in [7, 11) is -3.86. The number of hydrogen-bond donors (Lipinski definition) is 1. The van der Waals surface area contributed by atoms with Crippen molar-refractivity contribution in [1.29, 1.82) is 0 Å². The lowest BCUT2D eigenvalue weighted by Gasteiger charge is -2.38. The molecule has 0 unspecified atom stereocenters. The number of carboxylic acids is 1. The molecule has 1 heterocycles. The Balaban J connectivity index is 2.60. The van der Waals surface area contributed by atoms with Gasteiger partial charge in [0.25, 0.3) is 0 Å². The lowest BCUT2D eigenvalue weighted by Crippen LogP contribution is -2.56. The van der Waals surface area contributed by atoms with Crippen molar-refractivity contribution in [3.05, 3.63) is 29.8 Å². The van der Waals surface area contributed by atoms with Crippen LogP contribution in [0.4, 0.5) is 0 Å². The van der Waals surface area contributed by atoms with E-state index in [4.69, 9.17) is 0 Å². The van der Waals surface area contributed by atoms with Crippen molar-refractivity contribution in [3.63, 3.8) is 0 Å². The molecule has 1 fully saturated rings. The highest BCUT2D eigenvalue weighted by molar-refractivity contribution is 7.89. The van der Waals surface area contributed by atoms with Crippen molar-refractivity contribution in [1.82, 2.24) is 4.31 Å². The van der Waals surface area contributed by atoms with Gasteiger partial charge in [0.05, 0.1) is 4.90 Å². The maximum atomic E-state index is 12.9. The van der Waals surface area contributed by atoms with E-state index in [9.17, 15) is 18.3 Å². The molecule has 6 heteroatoms. The van der Waals surface area contributed by atoms with Gasteiger partial charge in [-0.05, 0) is 52.7 Å². The zero-order chi connectivity index (χ0) is 16.1. The van der Waals surface area contributed by atoms with E-state index in [-0.39, 0.29) is 4.90 Å². The first-order valence-corrected chi connectivity index (χ1v) is 8.31. The highest BCUT2D eigenvalue weighted by Gasteiger charge is 2.58. The third kappa shape index (κ3) is 2.46. The molecule has 0 aromatic heterocycles. The number of carboxylic acid groups (broad SMARTS) is 1. The molecule has 0 saturated carbocycles. The van der Waals surface area contributed by atoms with E-state index in [1.807, 2.05) is 6.92 Å². The molecular weight excluding hydrogens is 290 g/mol. The van der Waals surface area contributed by atoms with Gasteiger partial charge in [0.2, 0.25) is 10.0 Å². The van der Waals surface area contributed by atoms with Crippen molar-refractivity contribution < 1.29 is 18.3 Å². The van der Waals surface area contributed by atoms with E-state index in [2.05, 4.69) is 0 Å². The van der Waals surface area contributed by atoms with Gasteiger partial charge < -0.3 is 5.11 Å². The summed E-state index contributed by atoms with van der Waals surface area (Å²) in [5, 5.41) is 9.52. The van der Waals surface area contributed by atoms with Gasteiger partial charge in [0.15, 0.2) is 0 Å². The summed E-state index contributed by atoms with van der Waals surface area (Å²) in [6.45, 7) is 6.90. The molecule has 1 aliphatic rings. The number of hydrogen-bond acceptors (Lipinski definition) is 3. The molecule has 1 N–H and O–H groups in total. The molecule has 0 amide bonds. The molecule has 1 atom stereocenters. The minimum absolute atomic E-state index is 0.135. The molecule has 0 radical (unpaired) electrons. The Labute approximate surface area is 125 Å². The molecule has 5 nitrogen and oxygen atoms in total. The number of carbonyl (C=O) groups is 1. The first kappa shape index (κ1) is 16.0. The summed E-state index contributed by atoms with van der Waals surface area (Å²) in [5.41, 5.74) is -1.18. The zero-order valence-electron chi connectivity index (χ0n) is 12.8. The molecule has 0 bridgehead atoms. The van der Waals surface area contributed by atoms with E-state index >= 15 is 0 Å². The highest BCUT2D eigenvalue weighted by atomic mass is 32.2. The van der Waals surface area contributed by atoms with Gasteiger partial charge in [0, 0.05) is 5.54 Å². The van der Waals surface area contributed by atoms with E-state index in [0.717, 1.165) is 5.56 Å². The van der Waals surface area contributed by atoms with Crippen LogP contribution in [0.15, 0.2) is 29.2 Å². The Morgan fingerprint density at radius 1 is 1.14 bits per heavy atom. The quantitative estimate of drug-likeness (QED) is 0.930. The van der Waals surface area contributed by atoms with Crippen LogP contribution in [-0.2, 0) is 14.8 Å². The van der Waals surface area contributed by atoms with Crippen molar-refractivity contribution in [2.45, 2.75) is 56.5 Å². The Kier molecular flexibility index (Phi) is 3.66. The summed E-state index contributed by atoms with van der Waals surface area (Å²) in [6.07, 6.45) is 0.821. The predicted molar refractivity (Wildman–Crippen MR) is 79.6 cm³/mol. The average Bonchev–Trinajstić information content (AvgIpc) is 2.62. The first-order valence-electron chi connectivity index (χ1n) is 6.87. The largest absolute Gasteiger partial charge is 0.480 e. The monoisotopic (exact) mass is 311 g/mol. The van der Waals surface area contributed by atoms with Gasteiger partial charge in [-0.25, -0.2) is 8.42 Å². The van der Waals surface area contributed by atoms with Crippen molar-refractivity contribution in [2.24, 2.45) is 0 Å². The minimum Gasteiger partial charge on any atom is -0.480 e. The van der Waals surface area contributed by atoms with E-state index in [1.54, 1.807) is 26.0 Å².